The van der Waals surface area contributed by atoms with E-state index in [9.17, 15) is 14.4 Å². The van der Waals surface area contributed by atoms with Crippen LogP contribution in [0.1, 0.15) is 31.0 Å². The maximum Gasteiger partial charge on any atom is 0.325 e. The summed E-state index contributed by atoms with van der Waals surface area (Å²) in [6.45, 7) is 2.94. The third kappa shape index (κ3) is 4.34. The van der Waals surface area contributed by atoms with Crippen molar-refractivity contribution in [3.63, 3.8) is 0 Å². The SMILES string of the molecule is CC1(C)NC(=O)N(CC(=O)NC(Cc2ccccc2)c2ccccc2)C1=O. The molecule has 0 bridgehead atoms. The summed E-state index contributed by atoms with van der Waals surface area (Å²) in [5.41, 5.74) is 1.07. The van der Waals surface area contributed by atoms with Gasteiger partial charge in [-0.1, -0.05) is 60.7 Å². The van der Waals surface area contributed by atoms with Crippen LogP contribution >= 0.6 is 0 Å². The van der Waals surface area contributed by atoms with E-state index in [1.165, 1.54) is 0 Å². The van der Waals surface area contributed by atoms with Crippen LogP contribution in [-0.2, 0) is 16.0 Å². The molecule has 3 rings (SSSR count). The van der Waals surface area contributed by atoms with Crippen molar-refractivity contribution in [1.29, 1.82) is 0 Å². The van der Waals surface area contributed by atoms with E-state index >= 15 is 0 Å². The molecule has 27 heavy (non-hydrogen) atoms. The molecule has 1 saturated heterocycles. The normalized spacial score (nSPS) is 16.7. The minimum Gasteiger partial charge on any atom is -0.347 e. The van der Waals surface area contributed by atoms with Crippen molar-refractivity contribution in [1.82, 2.24) is 15.5 Å². The van der Waals surface area contributed by atoms with Crippen molar-refractivity contribution in [2.45, 2.75) is 31.8 Å². The van der Waals surface area contributed by atoms with Gasteiger partial charge < -0.3 is 10.6 Å². The molecular weight excluding hydrogens is 342 g/mol. The minimum absolute atomic E-state index is 0.255. The number of nitrogens with zero attached hydrogens (tertiary/aromatic N) is 1. The van der Waals surface area contributed by atoms with E-state index in [0.717, 1.165) is 16.0 Å². The lowest BCUT2D eigenvalue weighted by Crippen LogP contribution is -2.44. The van der Waals surface area contributed by atoms with Gasteiger partial charge in [-0.3, -0.25) is 14.5 Å². The fourth-order valence-corrected chi connectivity index (χ4v) is 3.13. The van der Waals surface area contributed by atoms with E-state index < -0.39 is 17.5 Å². The van der Waals surface area contributed by atoms with E-state index in [1.54, 1.807) is 13.8 Å². The van der Waals surface area contributed by atoms with Gasteiger partial charge in [0.05, 0.1) is 6.04 Å². The highest BCUT2D eigenvalue weighted by Gasteiger charge is 2.44. The van der Waals surface area contributed by atoms with Gasteiger partial charge in [0, 0.05) is 0 Å². The number of benzene rings is 2. The summed E-state index contributed by atoms with van der Waals surface area (Å²) < 4.78 is 0. The van der Waals surface area contributed by atoms with Crippen molar-refractivity contribution in [2.24, 2.45) is 0 Å². The number of urea groups is 1. The number of imide groups is 1. The second kappa shape index (κ2) is 7.61. The molecule has 1 unspecified atom stereocenters. The summed E-state index contributed by atoms with van der Waals surface area (Å²) >= 11 is 0. The number of carbonyl (C=O) groups is 3. The van der Waals surface area contributed by atoms with Gasteiger partial charge in [-0.15, -0.1) is 0 Å². The second-order valence-corrected chi connectivity index (χ2v) is 7.17. The molecule has 4 amide bonds. The molecule has 1 heterocycles. The van der Waals surface area contributed by atoms with Crippen molar-refractivity contribution >= 4 is 17.8 Å². The molecule has 140 valence electrons. The van der Waals surface area contributed by atoms with Crippen LogP contribution in [0.2, 0.25) is 0 Å². The Balaban J connectivity index is 1.73. The molecule has 1 aliphatic rings. The summed E-state index contributed by atoms with van der Waals surface area (Å²) in [7, 11) is 0. The first kappa shape index (κ1) is 18.6. The van der Waals surface area contributed by atoms with Crippen molar-refractivity contribution in [3.05, 3.63) is 71.8 Å². The molecule has 2 aromatic carbocycles. The number of hydrogen-bond donors (Lipinski definition) is 2. The maximum absolute atomic E-state index is 12.6. The van der Waals surface area contributed by atoms with Crippen LogP contribution in [0.5, 0.6) is 0 Å². The minimum atomic E-state index is -0.986. The molecule has 6 nitrogen and oxygen atoms in total. The Hall–Kier alpha value is -3.15. The average Bonchev–Trinajstić information content (AvgIpc) is 2.84. The van der Waals surface area contributed by atoms with Crippen molar-refractivity contribution < 1.29 is 14.4 Å². The number of carbonyl (C=O) groups excluding carboxylic acids is 3. The molecule has 2 N–H and O–H groups in total. The first-order chi connectivity index (χ1) is 12.9. The quantitative estimate of drug-likeness (QED) is 0.772. The molecule has 0 spiro atoms. The fraction of sp³-hybridized carbons (Fsp3) is 0.286. The van der Waals surface area contributed by atoms with E-state index in [4.69, 9.17) is 0 Å². The molecule has 2 aromatic rings. The van der Waals surface area contributed by atoms with Gasteiger partial charge >= 0.3 is 6.03 Å². The van der Waals surface area contributed by atoms with Crippen molar-refractivity contribution in [3.8, 4) is 0 Å². The van der Waals surface area contributed by atoms with Gasteiger partial charge in [0.2, 0.25) is 5.91 Å². The van der Waals surface area contributed by atoms with Crippen LogP contribution < -0.4 is 10.6 Å². The number of nitrogens with one attached hydrogen (secondary N) is 2. The topological polar surface area (TPSA) is 78.5 Å². The highest BCUT2D eigenvalue weighted by molar-refractivity contribution is 6.08. The van der Waals surface area contributed by atoms with Gasteiger partial charge in [0.1, 0.15) is 12.1 Å². The van der Waals surface area contributed by atoms with Crippen LogP contribution in [0.15, 0.2) is 60.7 Å². The van der Waals surface area contributed by atoms with Crippen molar-refractivity contribution in [2.75, 3.05) is 6.54 Å². The van der Waals surface area contributed by atoms with Gasteiger partial charge in [-0.2, -0.15) is 0 Å². The monoisotopic (exact) mass is 365 g/mol. The zero-order valence-electron chi connectivity index (χ0n) is 15.4. The lowest BCUT2D eigenvalue weighted by atomic mass is 9.99. The largest absolute Gasteiger partial charge is 0.347 e. The van der Waals surface area contributed by atoms with Crippen LogP contribution in [0.4, 0.5) is 4.79 Å². The summed E-state index contributed by atoms with van der Waals surface area (Å²) in [4.78, 5) is 37.8. The Kier molecular flexibility index (Phi) is 5.26. The Morgan fingerprint density at radius 1 is 1.04 bits per heavy atom. The molecular formula is C21H23N3O3. The number of hydrogen-bond acceptors (Lipinski definition) is 3. The highest BCUT2D eigenvalue weighted by atomic mass is 16.2. The van der Waals surface area contributed by atoms with E-state index in [2.05, 4.69) is 10.6 Å². The molecule has 1 aliphatic heterocycles. The van der Waals surface area contributed by atoms with Gasteiger partial charge in [-0.25, -0.2) is 4.79 Å². The Morgan fingerprint density at radius 2 is 1.63 bits per heavy atom. The smallest absolute Gasteiger partial charge is 0.325 e. The predicted octanol–water partition coefficient (Wildman–Crippen LogP) is 2.42. The maximum atomic E-state index is 12.6. The standard InChI is InChI=1S/C21H23N3O3/c1-21(2)19(26)24(20(27)23-21)14-18(25)22-17(16-11-7-4-8-12-16)13-15-9-5-3-6-10-15/h3-12,17H,13-14H2,1-2H3,(H,22,25)(H,23,27). The zero-order valence-corrected chi connectivity index (χ0v) is 15.4. The van der Waals surface area contributed by atoms with E-state index in [0.29, 0.717) is 6.42 Å². The van der Waals surface area contributed by atoms with Gasteiger partial charge in [0.15, 0.2) is 0 Å². The number of rotatable bonds is 6. The number of amides is 4. The molecule has 1 atom stereocenters. The molecule has 0 saturated carbocycles. The first-order valence-electron chi connectivity index (χ1n) is 8.89. The molecule has 6 heteroatoms. The third-order valence-electron chi connectivity index (χ3n) is 4.57. The summed E-state index contributed by atoms with van der Waals surface area (Å²) in [6.07, 6.45) is 0.613. The van der Waals surface area contributed by atoms with Crippen LogP contribution in [0.25, 0.3) is 0 Å². The zero-order chi connectivity index (χ0) is 19.4. The molecule has 1 fully saturated rings. The Labute approximate surface area is 158 Å². The van der Waals surface area contributed by atoms with Crippen LogP contribution in [-0.4, -0.2) is 34.8 Å². The molecule has 0 radical (unpaired) electrons. The molecule has 0 aliphatic carbocycles. The predicted molar refractivity (Wildman–Crippen MR) is 102 cm³/mol. The second-order valence-electron chi connectivity index (χ2n) is 7.17. The van der Waals surface area contributed by atoms with Gasteiger partial charge in [0.25, 0.3) is 5.91 Å². The van der Waals surface area contributed by atoms with Crippen LogP contribution in [0, 0.1) is 0 Å². The lowest BCUT2D eigenvalue weighted by molar-refractivity contribution is -0.134. The third-order valence-corrected chi connectivity index (χ3v) is 4.57. The molecule has 0 aromatic heterocycles. The van der Waals surface area contributed by atoms with E-state index in [-0.39, 0.29) is 18.5 Å². The summed E-state index contributed by atoms with van der Waals surface area (Å²) in [5, 5.41) is 5.54. The van der Waals surface area contributed by atoms with Gasteiger partial charge in [-0.05, 0) is 31.4 Å². The summed E-state index contributed by atoms with van der Waals surface area (Å²) in [6, 6.07) is 18.7. The highest BCUT2D eigenvalue weighted by Crippen LogP contribution is 2.20. The first-order valence-corrected chi connectivity index (χ1v) is 8.89. The lowest BCUT2D eigenvalue weighted by Gasteiger charge is -2.21. The van der Waals surface area contributed by atoms with E-state index in [1.807, 2.05) is 60.7 Å². The Bertz CT molecular complexity index is 834. The summed E-state index contributed by atoms with van der Waals surface area (Å²) in [5.74, 6) is -0.775. The fourth-order valence-electron chi connectivity index (χ4n) is 3.13. The average molecular weight is 365 g/mol. The Morgan fingerprint density at radius 3 is 2.19 bits per heavy atom. The van der Waals surface area contributed by atoms with Crippen LogP contribution in [0.3, 0.4) is 0 Å².